The lowest BCUT2D eigenvalue weighted by atomic mass is 9.94. The number of carbonyl (C=O) groups is 1. The van der Waals surface area contributed by atoms with Gasteiger partial charge in [0.1, 0.15) is 11.3 Å². The predicted molar refractivity (Wildman–Crippen MR) is 129 cm³/mol. The van der Waals surface area contributed by atoms with Crippen molar-refractivity contribution in [1.29, 1.82) is 0 Å². The van der Waals surface area contributed by atoms with Crippen LogP contribution in [0.2, 0.25) is 0 Å². The van der Waals surface area contributed by atoms with E-state index in [1.54, 1.807) is 6.08 Å². The van der Waals surface area contributed by atoms with Crippen LogP contribution in [0.3, 0.4) is 0 Å². The van der Waals surface area contributed by atoms with Gasteiger partial charge in [0.15, 0.2) is 0 Å². The van der Waals surface area contributed by atoms with Crippen molar-refractivity contribution in [1.82, 2.24) is 5.32 Å². The van der Waals surface area contributed by atoms with E-state index in [4.69, 9.17) is 9.15 Å². The van der Waals surface area contributed by atoms with Crippen LogP contribution in [-0.2, 0) is 4.79 Å². The van der Waals surface area contributed by atoms with Crippen LogP contribution >= 0.6 is 0 Å². The lowest BCUT2D eigenvalue weighted by Crippen LogP contribution is -2.22. The normalized spacial score (nSPS) is 11.7. The molecule has 1 amide bonds. The van der Waals surface area contributed by atoms with Crippen LogP contribution in [0, 0.1) is 20.8 Å². The fourth-order valence-corrected chi connectivity index (χ4v) is 3.98. The smallest absolute Gasteiger partial charge is 0.244 e. The van der Waals surface area contributed by atoms with E-state index in [9.17, 15) is 4.79 Å². The summed E-state index contributed by atoms with van der Waals surface area (Å²) in [6.07, 6.45) is 5.51. The summed E-state index contributed by atoms with van der Waals surface area (Å²) in [6.45, 7) is 13.5. The van der Waals surface area contributed by atoms with Crippen molar-refractivity contribution < 1.29 is 13.9 Å². The van der Waals surface area contributed by atoms with Gasteiger partial charge in [-0.3, -0.25) is 4.79 Å². The second kappa shape index (κ2) is 9.86. The van der Waals surface area contributed by atoms with Crippen molar-refractivity contribution in [3.05, 3.63) is 58.9 Å². The van der Waals surface area contributed by atoms with Crippen LogP contribution in [0.4, 0.5) is 0 Å². The molecule has 3 rings (SSSR count). The largest absolute Gasteiger partial charge is 0.493 e. The zero-order valence-corrected chi connectivity index (χ0v) is 19.5. The number of allylic oxidation sites excluding steroid dienone is 1. The molecule has 0 atom stereocenters. The highest BCUT2D eigenvalue weighted by molar-refractivity contribution is 6.02. The maximum absolute atomic E-state index is 12.4. The first kappa shape index (κ1) is 22.7. The average Bonchev–Trinajstić information content (AvgIpc) is 3.14. The van der Waals surface area contributed by atoms with Gasteiger partial charge in [-0.05, 0) is 63.8 Å². The Labute approximate surface area is 185 Å². The van der Waals surface area contributed by atoms with Crippen molar-refractivity contribution >= 4 is 22.4 Å². The maximum Gasteiger partial charge on any atom is 0.244 e. The van der Waals surface area contributed by atoms with Crippen molar-refractivity contribution in [2.45, 2.75) is 54.4 Å². The molecule has 0 saturated heterocycles. The summed E-state index contributed by atoms with van der Waals surface area (Å²) in [5.74, 6) is 0.694. The number of fused-ring (bicyclic) bond motifs is 1. The lowest BCUT2D eigenvalue weighted by molar-refractivity contribution is -0.116. The van der Waals surface area contributed by atoms with Gasteiger partial charge in [-0.25, -0.2) is 0 Å². The Morgan fingerprint density at radius 2 is 1.90 bits per heavy atom. The Morgan fingerprint density at radius 3 is 2.58 bits per heavy atom. The van der Waals surface area contributed by atoms with Gasteiger partial charge in [-0.15, -0.1) is 0 Å². The number of rotatable bonds is 8. The molecule has 164 valence electrons. The van der Waals surface area contributed by atoms with E-state index in [2.05, 4.69) is 50.4 Å². The summed E-state index contributed by atoms with van der Waals surface area (Å²) in [5.41, 5.74) is 8.21. The minimum absolute atomic E-state index is 0.0760. The number of hydrogen-bond acceptors (Lipinski definition) is 3. The van der Waals surface area contributed by atoms with E-state index in [1.165, 1.54) is 11.1 Å². The van der Waals surface area contributed by atoms with Gasteiger partial charge >= 0.3 is 0 Å². The number of benzene rings is 2. The second-order valence-electron chi connectivity index (χ2n) is 8.13. The van der Waals surface area contributed by atoms with Crippen molar-refractivity contribution in [2.75, 3.05) is 13.2 Å². The number of nitrogens with one attached hydrogen (secondary N) is 1. The number of amides is 1. The fraction of sp³-hybridized carbons (Fsp3) is 0.370. The maximum atomic E-state index is 12.4. The third-order valence-corrected chi connectivity index (χ3v) is 5.61. The predicted octanol–water partition coefficient (Wildman–Crippen LogP) is 6.74. The van der Waals surface area contributed by atoms with Crippen molar-refractivity contribution in [3.8, 4) is 16.9 Å². The lowest BCUT2D eigenvalue weighted by Gasteiger charge is -2.15. The van der Waals surface area contributed by atoms with Crippen molar-refractivity contribution in [3.63, 3.8) is 0 Å². The second-order valence-corrected chi connectivity index (χ2v) is 8.13. The minimum atomic E-state index is -0.0760. The third-order valence-electron chi connectivity index (χ3n) is 5.61. The molecule has 3 aromatic rings. The number of unbranched alkanes of at least 4 members (excludes halogenated alkanes) is 1. The van der Waals surface area contributed by atoms with E-state index in [1.807, 2.05) is 27.0 Å². The van der Waals surface area contributed by atoms with Crippen LogP contribution in [0.1, 0.15) is 55.9 Å². The first-order valence-corrected chi connectivity index (χ1v) is 11.1. The van der Waals surface area contributed by atoms with Gasteiger partial charge < -0.3 is 14.5 Å². The first-order chi connectivity index (χ1) is 14.9. The molecule has 0 fully saturated rings. The number of carbonyl (C=O) groups excluding carboxylic acids is 1. The monoisotopic (exact) mass is 419 g/mol. The topological polar surface area (TPSA) is 51.5 Å². The zero-order valence-electron chi connectivity index (χ0n) is 19.5. The van der Waals surface area contributed by atoms with E-state index in [-0.39, 0.29) is 5.91 Å². The molecule has 2 aromatic carbocycles. The van der Waals surface area contributed by atoms with E-state index >= 15 is 0 Å². The Bertz CT molecular complexity index is 1120. The first-order valence-electron chi connectivity index (χ1n) is 11.1. The molecular weight excluding hydrogens is 386 g/mol. The fourth-order valence-electron chi connectivity index (χ4n) is 3.98. The van der Waals surface area contributed by atoms with E-state index in [0.717, 1.165) is 57.4 Å². The molecule has 0 aliphatic rings. The third kappa shape index (κ3) is 4.84. The van der Waals surface area contributed by atoms with Gasteiger partial charge in [-0.2, -0.15) is 0 Å². The highest BCUT2D eigenvalue weighted by Crippen LogP contribution is 2.41. The molecule has 4 nitrogen and oxygen atoms in total. The van der Waals surface area contributed by atoms with Gasteiger partial charge in [-0.1, -0.05) is 37.1 Å². The summed E-state index contributed by atoms with van der Waals surface area (Å²) in [7, 11) is 0. The summed E-state index contributed by atoms with van der Waals surface area (Å²) in [4.78, 5) is 12.4. The number of hydrogen-bond donors (Lipinski definition) is 1. The minimum Gasteiger partial charge on any atom is -0.493 e. The molecule has 1 heterocycles. The van der Waals surface area contributed by atoms with Gasteiger partial charge in [0.05, 0.1) is 12.9 Å². The Hall–Kier alpha value is -3.01. The van der Waals surface area contributed by atoms with Crippen LogP contribution in [0.25, 0.3) is 27.7 Å². The van der Waals surface area contributed by atoms with Crippen LogP contribution in [-0.4, -0.2) is 19.1 Å². The molecule has 0 aliphatic heterocycles. The molecule has 0 radical (unpaired) electrons. The number of ether oxygens (including phenoxy) is 1. The molecule has 0 spiro atoms. The Balaban J connectivity index is 2.13. The molecule has 31 heavy (non-hydrogen) atoms. The zero-order chi connectivity index (χ0) is 22.5. The molecule has 0 unspecified atom stereocenters. The summed E-state index contributed by atoms with van der Waals surface area (Å²) in [5, 5.41) is 3.99. The van der Waals surface area contributed by atoms with E-state index < -0.39 is 0 Å². The van der Waals surface area contributed by atoms with Crippen LogP contribution in [0.5, 0.6) is 5.75 Å². The van der Waals surface area contributed by atoms with Gasteiger partial charge in [0.2, 0.25) is 5.91 Å². The molecule has 4 heteroatoms. The van der Waals surface area contributed by atoms with Crippen molar-refractivity contribution in [2.24, 2.45) is 0 Å². The molecule has 0 aliphatic carbocycles. The van der Waals surface area contributed by atoms with Crippen LogP contribution < -0.4 is 10.1 Å². The summed E-state index contributed by atoms with van der Waals surface area (Å²) in [6, 6.07) is 8.54. The summed E-state index contributed by atoms with van der Waals surface area (Å²) < 4.78 is 12.0. The molecule has 0 bridgehead atoms. The number of furan rings is 1. The Morgan fingerprint density at radius 1 is 1.13 bits per heavy atom. The van der Waals surface area contributed by atoms with Gasteiger partial charge in [0.25, 0.3) is 0 Å². The van der Waals surface area contributed by atoms with Crippen LogP contribution in [0.15, 0.2) is 41.0 Å². The molecular formula is C27H33NO3. The quantitative estimate of drug-likeness (QED) is 0.325. The highest BCUT2D eigenvalue weighted by Gasteiger charge is 2.19. The standard InChI is InChI=1S/C27H33NO3/c1-7-9-12-28-25(29)14-19(5)22-15-23-24(21-11-10-17(3)13-18(21)4)16-31-27(23)20(6)26(22)30-8-2/h10-11,13-16H,7-9,12H2,1-6H3,(H,28,29)/b19-14+. The molecule has 0 saturated carbocycles. The highest BCUT2D eigenvalue weighted by atomic mass is 16.5. The molecule has 1 aromatic heterocycles. The van der Waals surface area contributed by atoms with E-state index in [0.29, 0.717) is 13.2 Å². The summed E-state index contributed by atoms with van der Waals surface area (Å²) >= 11 is 0. The average molecular weight is 420 g/mol. The molecule has 1 N–H and O–H groups in total. The Kier molecular flexibility index (Phi) is 7.21. The SMILES string of the molecule is CCCCNC(=O)/C=C(\C)c1cc2c(-c3ccc(C)cc3C)coc2c(C)c1OCC. The van der Waals surface area contributed by atoms with Gasteiger partial charge in [0, 0.05) is 34.7 Å². The number of aryl methyl sites for hydroxylation is 3.